The molecule has 0 saturated carbocycles. The topological polar surface area (TPSA) is 60.0 Å². The van der Waals surface area contributed by atoms with E-state index in [-0.39, 0.29) is 0 Å². The number of nitrogens with two attached hydrogens (primary N) is 1. The molecule has 2 rings (SSSR count). The Kier molecular flexibility index (Phi) is 4.27. The SMILES string of the molecule is CC(C)N(C)CCCn1c(N)nc2cc(Cl)cnc21. The fourth-order valence-electron chi connectivity index (χ4n) is 1.96. The van der Waals surface area contributed by atoms with E-state index in [0.717, 1.165) is 30.7 Å². The van der Waals surface area contributed by atoms with E-state index < -0.39 is 0 Å². The number of rotatable bonds is 5. The summed E-state index contributed by atoms with van der Waals surface area (Å²) in [6.07, 6.45) is 2.64. The Balaban J connectivity index is 2.10. The maximum atomic E-state index is 5.94. The molecular weight excluding hydrogens is 262 g/mol. The predicted octanol–water partition coefficient (Wildman–Crippen LogP) is 2.40. The summed E-state index contributed by atoms with van der Waals surface area (Å²) >= 11 is 5.90. The van der Waals surface area contributed by atoms with Gasteiger partial charge in [-0.3, -0.25) is 4.57 Å². The zero-order valence-electron chi connectivity index (χ0n) is 11.6. The van der Waals surface area contributed by atoms with Crippen LogP contribution in [-0.4, -0.2) is 39.1 Å². The molecule has 0 spiro atoms. The molecule has 0 aromatic carbocycles. The fraction of sp³-hybridized carbons (Fsp3) is 0.538. The molecule has 2 aromatic rings. The zero-order valence-corrected chi connectivity index (χ0v) is 12.4. The van der Waals surface area contributed by atoms with Crippen LogP contribution in [0.4, 0.5) is 5.95 Å². The van der Waals surface area contributed by atoms with Gasteiger partial charge in [-0.2, -0.15) is 0 Å². The minimum absolute atomic E-state index is 0.497. The third-order valence-electron chi connectivity index (χ3n) is 3.36. The van der Waals surface area contributed by atoms with Gasteiger partial charge >= 0.3 is 0 Å². The number of hydrogen-bond donors (Lipinski definition) is 1. The van der Waals surface area contributed by atoms with Gasteiger partial charge in [0.15, 0.2) is 5.65 Å². The van der Waals surface area contributed by atoms with Crippen molar-refractivity contribution in [2.24, 2.45) is 0 Å². The van der Waals surface area contributed by atoms with Gasteiger partial charge in [0.2, 0.25) is 5.95 Å². The molecule has 0 amide bonds. The van der Waals surface area contributed by atoms with Crippen molar-refractivity contribution in [2.45, 2.75) is 32.9 Å². The second-order valence-corrected chi connectivity index (χ2v) is 5.48. The van der Waals surface area contributed by atoms with Crippen molar-refractivity contribution in [1.82, 2.24) is 19.4 Å². The van der Waals surface area contributed by atoms with Gasteiger partial charge in [-0.05, 0) is 39.9 Å². The number of fused-ring (bicyclic) bond motifs is 1. The summed E-state index contributed by atoms with van der Waals surface area (Å²) in [6, 6.07) is 2.34. The lowest BCUT2D eigenvalue weighted by Gasteiger charge is -2.20. The Hall–Kier alpha value is -1.33. The first-order chi connectivity index (χ1) is 8.99. The molecule has 0 aliphatic heterocycles. The van der Waals surface area contributed by atoms with E-state index in [1.54, 1.807) is 12.3 Å². The molecule has 0 aliphatic rings. The molecule has 0 atom stereocenters. The summed E-state index contributed by atoms with van der Waals surface area (Å²) in [6.45, 7) is 6.20. The number of aromatic nitrogens is 3. The second-order valence-electron chi connectivity index (χ2n) is 5.05. The van der Waals surface area contributed by atoms with Gasteiger partial charge in [0.05, 0.1) is 5.02 Å². The normalized spacial score (nSPS) is 11.9. The van der Waals surface area contributed by atoms with Crippen LogP contribution in [0.5, 0.6) is 0 Å². The number of halogens is 1. The van der Waals surface area contributed by atoms with Crippen molar-refractivity contribution < 1.29 is 0 Å². The van der Waals surface area contributed by atoms with Gasteiger partial charge < -0.3 is 10.6 Å². The second kappa shape index (κ2) is 5.75. The average molecular weight is 282 g/mol. The molecule has 104 valence electrons. The molecule has 0 saturated heterocycles. The van der Waals surface area contributed by atoms with E-state index in [2.05, 4.69) is 35.8 Å². The van der Waals surface area contributed by atoms with Gasteiger partial charge in [-0.25, -0.2) is 9.97 Å². The van der Waals surface area contributed by atoms with Crippen molar-refractivity contribution in [3.8, 4) is 0 Å². The van der Waals surface area contributed by atoms with Gasteiger partial charge in [0.1, 0.15) is 5.52 Å². The van der Waals surface area contributed by atoms with E-state index in [9.17, 15) is 0 Å². The maximum absolute atomic E-state index is 5.94. The van der Waals surface area contributed by atoms with Crippen LogP contribution in [0.25, 0.3) is 11.2 Å². The van der Waals surface area contributed by atoms with E-state index in [1.807, 2.05) is 4.57 Å². The molecular formula is C13H20ClN5. The number of aryl methyl sites for hydroxylation is 1. The Bertz CT molecular complexity index is 563. The molecule has 5 nitrogen and oxygen atoms in total. The van der Waals surface area contributed by atoms with Crippen molar-refractivity contribution >= 4 is 28.7 Å². The number of imidazole rings is 1. The van der Waals surface area contributed by atoms with E-state index >= 15 is 0 Å². The quantitative estimate of drug-likeness (QED) is 0.914. The Morgan fingerprint density at radius 2 is 2.21 bits per heavy atom. The summed E-state index contributed by atoms with van der Waals surface area (Å²) in [7, 11) is 2.12. The van der Waals surface area contributed by atoms with E-state index in [0.29, 0.717) is 17.0 Å². The number of nitrogen functional groups attached to an aromatic ring is 1. The van der Waals surface area contributed by atoms with Crippen LogP contribution in [-0.2, 0) is 6.54 Å². The summed E-state index contributed by atoms with van der Waals surface area (Å²) in [5, 5.41) is 0.580. The average Bonchev–Trinajstić information content (AvgIpc) is 2.64. The van der Waals surface area contributed by atoms with Crippen LogP contribution >= 0.6 is 11.6 Å². The fourth-order valence-corrected chi connectivity index (χ4v) is 2.11. The van der Waals surface area contributed by atoms with E-state index in [4.69, 9.17) is 17.3 Å². The summed E-state index contributed by atoms with van der Waals surface area (Å²) in [5.41, 5.74) is 7.49. The number of pyridine rings is 1. The Labute approximate surface area is 118 Å². The highest BCUT2D eigenvalue weighted by Crippen LogP contribution is 2.19. The first-order valence-corrected chi connectivity index (χ1v) is 6.84. The highest BCUT2D eigenvalue weighted by Gasteiger charge is 2.10. The standard InChI is InChI=1S/C13H20ClN5/c1-9(2)18(3)5-4-6-19-12-11(17-13(19)15)7-10(14)8-16-12/h7-9H,4-6H2,1-3H3,(H2,15,17). The van der Waals surface area contributed by atoms with Crippen LogP contribution < -0.4 is 5.73 Å². The molecule has 0 bridgehead atoms. The number of nitrogens with zero attached hydrogens (tertiary/aromatic N) is 4. The molecule has 6 heteroatoms. The van der Waals surface area contributed by atoms with Crippen LogP contribution in [0.2, 0.25) is 5.02 Å². The van der Waals surface area contributed by atoms with Gasteiger partial charge in [-0.15, -0.1) is 0 Å². The number of anilines is 1. The monoisotopic (exact) mass is 281 g/mol. The van der Waals surface area contributed by atoms with Gasteiger partial charge in [-0.1, -0.05) is 11.6 Å². The van der Waals surface area contributed by atoms with Gasteiger partial charge in [0, 0.05) is 18.8 Å². The minimum Gasteiger partial charge on any atom is -0.369 e. The molecule has 0 radical (unpaired) electrons. The van der Waals surface area contributed by atoms with Crippen molar-refractivity contribution in [3.63, 3.8) is 0 Å². The zero-order chi connectivity index (χ0) is 14.0. The largest absolute Gasteiger partial charge is 0.369 e. The number of hydrogen-bond acceptors (Lipinski definition) is 4. The molecule has 0 aliphatic carbocycles. The molecule has 2 heterocycles. The molecule has 19 heavy (non-hydrogen) atoms. The predicted molar refractivity (Wildman–Crippen MR) is 79.3 cm³/mol. The highest BCUT2D eigenvalue weighted by molar-refractivity contribution is 6.31. The van der Waals surface area contributed by atoms with Crippen molar-refractivity contribution in [2.75, 3.05) is 19.3 Å². The Morgan fingerprint density at radius 3 is 2.89 bits per heavy atom. The molecule has 2 N–H and O–H groups in total. The summed E-state index contributed by atoms with van der Waals surface area (Å²) in [5.74, 6) is 0.497. The summed E-state index contributed by atoms with van der Waals surface area (Å²) in [4.78, 5) is 10.9. The smallest absolute Gasteiger partial charge is 0.202 e. The van der Waals surface area contributed by atoms with Crippen LogP contribution in [0.1, 0.15) is 20.3 Å². The summed E-state index contributed by atoms with van der Waals surface area (Å²) < 4.78 is 1.94. The third-order valence-corrected chi connectivity index (χ3v) is 3.56. The molecule has 2 aromatic heterocycles. The lowest BCUT2D eigenvalue weighted by molar-refractivity contribution is 0.266. The maximum Gasteiger partial charge on any atom is 0.202 e. The first kappa shape index (κ1) is 14.1. The minimum atomic E-state index is 0.497. The van der Waals surface area contributed by atoms with Crippen LogP contribution in [0.15, 0.2) is 12.3 Å². The van der Waals surface area contributed by atoms with Gasteiger partial charge in [0.25, 0.3) is 0 Å². The lowest BCUT2D eigenvalue weighted by Crippen LogP contribution is -2.28. The van der Waals surface area contributed by atoms with Crippen molar-refractivity contribution in [1.29, 1.82) is 0 Å². The van der Waals surface area contributed by atoms with Crippen molar-refractivity contribution in [3.05, 3.63) is 17.3 Å². The van der Waals surface area contributed by atoms with E-state index in [1.165, 1.54) is 0 Å². The first-order valence-electron chi connectivity index (χ1n) is 6.46. The third kappa shape index (κ3) is 3.16. The molecule has 0 unspecified atom stereocenters. The highest BCUT2D eigenvalue weighted by atomic mass is 35.5. The van der Waals surface area contributed by atoms with Crippen LogP contribution in [0, 0.1) is 0 Å². The molecule has 0 fully saturated rings. The Morgan fingerprint density at radius 1 is 1.47 bits per heavy atom. The lowest BCUT2D eigenvalue weighted by atomic mass is 10.3. The van der Waals surface area contributed by atoms with Crippen LogP contribution in [0.3, 0.4) is 0 Å².